The van der Waals surface area contributed by atoms with E-state index in [0.717, 1.165) is 41.1 Å². The van der Waals surface area contributed by atoms with Gasteiger partial charge in [-0.1, -0.05) is 24.3 Å². The van der Waals surface area contributed by atoms with Gasteiger partial charge >= 0.3 is 6.18 Å². The molecule has 0 aliphatic carbocycles. The largest absolute Gasteiger partial charge is 0.416 e. The Morgan fingerprint density at radius 3 is 2.65 bits per heavy atom. The zero-order valence-corrected chi connectivity index (χ0v) is 17.1. The van der Waals surface area contributed by atoms with Crippen LogP contribution in [0.1, 0.15) is 23.0 Å². The minimum absolute atomic E-state index is 0.147. The highest BCUT2D eigenvalue weighted by molar-refractivity contribution is 5.78. The predicted molar refractivity (Wildman–Crippen MR) is 111 cm³/mol. The Morgan fingerprint density at radius 2 is 1.94 bits per heavy atom. The number of halogens is 3. The topological polar surface area (TPSA) is 62.2 Å². The highest BCUT2D eigenvalue weighted by Gasteiger charge is 2.31. The number of hydrogen-bond acceptors (Lipinski definition) is 4. The molecule has 3 aromatic rings. The van der Waals surface area contributed by atoms with Gasteiger partial charge < -0.3 is 15.2 Å². The summed E-state index contributed by atoms with van der Waals surface area (Å²) in [5.41, 5.74) is 1.95. The Labute approximate surface area is 178 Å². The van der Waals surface area contributed by atoms with Crippen LogP contribution < -0.4 is 10.6 Å². The molecule has 1 amide bonds. The molecule has 1 aliphatic rings. The van der Waals surface area contributed by atoms with E-state index in [-0.39, 0.29) is 18.5 Å². The molecule has 1 saturated heterocycles. The van der Waals surface area contributed by atoms with Crippen molar-refractivity contribution in [3.05, 3.63) is 65.5 Å². The minimum atomic E-state index is -4.36. The molecule has 2 N–H and O–H groups in total. The van der Waals surface area contributed by atoms with Crippen molar-refractivity contribution in [3.63, 3.8) is 0 Å². The Kier molecular flexibility index (Phi) is 5.97. The third kappa shape index (κ3) is 4.72. The Morgan fingerprint density at radius 1 is 1.19 bits per heavy atom. The number of hydrogen-bond donors (Lipinski definition) is 2. The molecule has 1 atom stereocenters. The molecular weight excluding hydrogens is 407 g/mol. The van der Waals surface area contributed by atoms with Crippen molar-refractivity contribution < 1.29 is 18.0 Å². The maximum Gasteiger partial charge on any atom is 0.416 e. The minimum Gasteiger partial charge on any atom is -0.348 e. The number of rotatable bonds is 5. The predicted octanol–water partition coefficient (Wildman–Crippen LogP) is 2.85. The SMILES string of the molecule is Cn1c(CNC(=O)CN2CCNC[C@H]2c2ccc(C(F)(F)F)cc2)nc2ccccc21. The molecule has 6 nitrogen and oxygen atoms in total. The molecule has 2 aromatic carbocycles. The van der Waals surface area contributed by atoms with Crippen LogP contribution in [0.2, 0.25) is 0 Å². The summed E-state index contributed by atoms with van der Waals surface area (Å²) in [5, 5.41) is 6.17. The van der Waals surface area contributed by atoms with Crippen molar-refractivity contribution in [2.24, 2.45) is 7.05 Å². The van der Waals surface area contributed by atoms with Gasteiger partial charge in [0.2, 0.25) is 5.91 Å². The quantitative estimate of drug-likeness (QED) is 0.652. The van der Waals surface area contributed by atoms with E-state index >= 15 is 0 Å². The van der Waals surface area contributed by atoms with Gasteiger partial charge in [-0.15, -0.1) is 0 Å². The number of piperazine rings is 1. The third-order valence-corrected chi connectivity index (χ3v) is 5.65. The number of carbonyl (C=O) groups is 1. The Balaban J connectivity index is 1.40. The van der Waals surface area contributed by atoms with Crippen LogP contribution in [0.3, 0.4) is 0 Å². The van der Waals surface area contributed by atoms with Crippen molar-refractivity contribution >= 4 is 16.9 Å². The van der Waals surface area contributed by atoms with E-state index in [1.54, 1.807) is 0 Å². The molecule has 1 aliphatic heterocycles. The van der Waals surface area contributed by atoms with E-state index in [0.29, 0.717) is 19.6 Å². The molecule has 0 unspecified atom stereocenters. The number of benzene rings is 2. The van der Waals surface area contributed by atoms with Crippen molar-refractivity contribution in [2.75, 3.05) is 26.2 Å². The summed E-state index contributed by atoms with van der Waals surface area (Å²) in [6.07, 6.45) is -4.36. The fourth-order valence-electron chi connectivity index (χ4n) is 3.93. The monoisotopic (exact) mass is 431 g/mol. The fourth-order valence-corrected chi connectivity index (χ4v) is 3.93. The zero-order chi connectivity index (χ0) is 22.0. The van der Waals surface area contributed by atoms with Gasteiger partial charge in [0.05, 0.1) is 29.7 Å². The molecule has 31 heavy (non-hydrogen) atoms. The Bertz CT molecular complexity index is 1060. The van der Waals surface area contributed by atoms with E-state index < -0.39 is 11.7 Å². The number of nitrogens with one attached hydrogen (secondary N) is 2. The zero-order valence-electron chi connectivity index (χ0n) is 17.1. The van der Waals surface area contributed by atoms with Gasteiger partial charge in [0.25, 0.3) is 0 Å². The summed E-state index contributed by atoms with van der Waals surface area (Å²) >= 11 is 0. The summed E-state index contributed by atoms with van der Waals surface area (Å²) in [6, 6.07) is 12.8. The number of amides is 1. The molecular formula is C22H24F3N5O. The fraction of sp³-hybridized carbons (Fsp3) is 0.364. The molecule has 2 heterocycles. The maximum atomic E-state index is 12.8. The standard InChI is InChI=1S/C22H24F3N5O/c1-29-18-5-3-2-4-17(18)28-20(29)13-27-21(31)14-30-11-10-26-12-19(30)15-6-8-16(9-7-15)22(23,24)25/h2-9,19,26H,10-14H2,1H3,(H,27,31)/t19-/m0/s1. The number of nitrogens with zero attached hydrogens (tertiary/aromatic N) is 3. The van der Waals surface area contributed by atoms with Crippen LogP contribution in [-0.2, 0) is 24.6 Å². The number of carbonyl (C=O) groups excluding carboxylic acids is 1. The normalized spacial score (nSPS) is 17.7. The first-order valence-electron chi connectivity index (χ1n) is 10.1. The van der Waals surface area contributed by atoms with Crippen molar-refractivity contribution in [1.29, 1.82) is 0 Å². The van der Waals surface area contributed by atoms with Crippen LogP contribution in [0.25, 0.3) is 11.0 Å². The maximum absolute atomic E-state index is 12.8. The lowest BCUT2D eigenvalue weighted by atomic mass is 10.0. The highest BCUT2D eigenvalue weighted by Crippen LogP contribution is 2.31. The van der Waals surface area contributed by atoms with Crippen LogP contribution >= 0.6 is 0 Å². The molecule has 1 aromatic heterocycles. The van der Waals surface area contributed by atoms with Gasteiger partial charge in [0.15, 0.2) is 0 Å². The highest BCUT2D eigenvalue weighted by atomic mass is 19.4. The van der Waals surface area contributed by atoms with Crippen LogP contribution in [0.4, 0.5) is 13.2 Å². The summed E-state index contributed by atoms with van der Waals surface area (Å²) in [5.74, 6) is 0.611. The average molecular weight is 431 g/mol. The summed E-state index contributed by atoms with van der Waals surface area (Å²) in [6.45, 7) is 2.39. The molecule has 4 rings (SSSR count). The smallest absolute Gasteiger partial charge is 0.348 e. The van der Waals surface area contributed by atoms with Crippen molar-refractivity contribution in [1.82, 2.24) is 25.1 Å². The third-order valence-electron chi connectivity index (χ3n) is 5.65. The van der Waals surface area contributed by atoms with Gasteiger partial charge in [-0.2, -0.15) is 13.2 Å². The van der Waals surface area contributed by atoms with Gasteiger partial charge in [-0.25, -0.2) is 4.98 Å². The average Bonchev–Trinajstić information content (AvgIpc) is 3.08. The molecule has 9 heteroatoms. The lowest BCUT2D eigenvalue weighted by Crippen LogP contribution is -2.49. The lowest BCUT2D eigenvalue weighted by Gasteiger charge is -2.36. The van der Waals surface area contributed by atoms with E-state index in [2.05, 4.69) is 15.6 Å². The number of alkyl halides is 3. The van der Waals surface area contributed by atoms with Crippen LogP contribution in [0.5, 0.6) is 0 Å². The first-order valence-corrected chi connectivity index (χ1v) is 10.1. The molecule has 0 radical (unpaired) electrons. The first kappa shape index (κ1) is 21.3. The second-order valence-corrected chi connectivity index (χ2v) is 7.66. The number of imidazole rings is 1. The second-order valence-electron chi connectivity index (χ2n) is 7.66. The number of aryl methyl sites for hydroxylation is 1. The molecule has 0 saturated carbocycles. The van der Waals surface area contributed by atoms with E-state index in [1.807, 2.05) is 40.8 Å². The van der Waals surface area contributed by atoms with E-state index in [1.165, 1.54) is 12.1 Å². The first-order chi connectivity index (χ1) is 14.8. The molecule has 1 fully saturated rings. The second kappa shape index (κ2) is 8.68. The van der Waals surface area contributed by atoms with E-state index in [9.17, 15) is 18.0 Å². The number of aromatic nitrogens is 2. The summed E-state index contributed by atoms with van der Waals surface area (Å²) < 4.78 is 40.5. The van der Waals surface area contributed by atoms with E-state index in [4.69, 9.17) is 0 Å². The number of fused-ring (bicyclic) bond motifs is 1. The lowest BCUT2D eigenvalue weighted by molar-refractivity contribution is -0.137. The molecule has 0 bridgehead atoms. The summed E-state index contributed by atoms with van der Waals surface area (Å²) in [7, 11) is 1.91. The van der Waals surface area contributed by atoms with Crippen molar-refractivity contribution in [3.8, 4) is 0 Å². The van der Waals surface area contributed by atoms with Gasteiger partial charge in [-0.05, 0) is 29.8 Å². The van der Waals surface area contributed by atoms with Gasteiger partial charge in [0, 0.05) is 32.7 Å². The van der Waals surface area contributed by atoms with Gasteiger partial charge in [-0.3, -0.25) is 9.69 Å². The van der Waals surface area contributed by atoms with Crippen molar-refractivity contribution in [2.45, 2.75) is 18.8 Å². The van der Waals surface area contributed by atoms with Gasteiger partial charge in [0.1, 0.15) is 5.82 Å². The molecule has 0 spiro atoms. The van der Waals surface area contributed by atoms with Crippen LogP contribution in [-0.4, -0.2) is 46.5 Å². The molecule has 164 valence electrons. The van der Waals surface area contributed by atoms with Crippen LogP contribution in [0.15, 0.2) is 48.5 Å². The number of para-hydroxylation sites is 2. The summed E-state index contributed by atoms with van der Waals surface area (Å²) in [4.78, 5) is 19.2. The van der Waals surface area contributed by atoms with Crippen LogP contribution in [0, 0.1) is 0 Å². The Hall–Kier alpha value is -2.91.